The van der Waals surface area contributed by atoms with Crippen LogP contribution in [-0.2, 0) is 6.54 Å². The van der Waals surface area contributed by atoms with Crippen molar-refractivity contribution in [1.29, 1.82) is 0 Å². The zero-order chi connectivity index (χ0) is 13.7. The highest BCUT2D eigenvalue weighted by Gasteiger charge is 2.19. The number of likely N-dealkylation sites (tertiary alicyclic amines) is 1. The number of halogens is 1. The third kappa shape index (κ3) is 5.13. The zero-order valence-electron chi connectivity index (χ0n) is 11.7. The maximum absolute atomic E-state index is 9.33. The lowest BCUT2D eigenvalue weighted by Crippen LogP contribution is -2.33. The first-order valence-electron chi connectivity index (χ1n) is 7.28. The summed E-state index contributed by atoms with van der Waals surface area (Å²) >= 11 is 6.01. The van der Waals surface area contributed by atoms with E-state index in [0.717, 1.165) is 37.0 Å². The second-order valence-corrected chi connectivity index (χ2v) is 6.21. The minimum absolute atomic E-state index is 0.149. The van der Waals surface area contributed by atoms with Crippen LogP contribution < -0.4 is 0 Å². The lowest BCUT2D eigenvalue weighted by atomic mass is 9.91. The summed E-state index contributed by atoms with van der Waals surface area (Å²) < 4.78 is 0. The molecule has 1 unspecified atom stereocenters. The number of aliphatic hydroxyl groups is 1. The van der Waals surface area contributed by atoms with Crippen LogP contribution in [0.1, 0.15) is 38.2 Å². The van der Waals surface area contributed by atoms with E-state index in [1.807, 2.05) is 19.1 Å². The highest BCUT2D eigenvalue weighted by atomic mass is 35.5. The highest BCUT2D eigenvalue weighted by molar-refractivity contribution is 6.30. The average Bonchev–Trinajstić information content (AvgIpc) is 2.38. The van der Waals surface area contributed by atoms with Crippen molar-refractivity contribution in [2.24, 2.45) is 5.92 Å². The molecule has 0 radical (unpaired) electrons. The van der Waals surface area contributed by atoms with Crippen LogP contribution in [0.3, 0.4) is 0 Å². The standard InChI is InChI=1S/C16H24ClNO/c1-13(19)5-6-14-7-9-18(10-8-14)12-15-3-2-4-16(17)11-15/h2-4,11,13-14,19H,5-10,12H2,1H3. The van der Waals surface area contributed by atoms with E-state index in [1.54, 1.807) is 0 Å². The van der Waals surface area contributed by atoms with E-state index < -0.39 is 0 Å². The van der Waals surface area contributed by atoms with Crippen LogP contribution in [0, 0.1) is 5.92 Å². The minimum Gasteiger partial charge on any atom is -0.393 e. The Hall–Kier alpha value is -0.570. The first-order valence-corrected chi connectivity index (χ1v) is 7.66. The maximum Gasteiger partial charge on any atom is 0.0512 e. The zero-order valence-corrected chi connectivity index (χ0v) is 12.4. The Bertz CT molecular complexity index is 386. The SMILES string of the molecule is CC(O)CCC1CCN(Cc2cccc(Cl)c2)CC1. The summed E-state index contributed by atoms with van der Waals surface area (Å²) in [5.74, 6) is 0.796. The largest absolute Gasteiger partial charge is 0.393 e. The highest BCUT2D eigenvalue weighted by Crippen LogP contribution is 2.24. The molecule has 106 valence electrons. The molecule has 1 saturated heterocycles. The van der Waals surface area contributed by atoms with E-state index in [-0.39, 0.29) is 6.10 Å². The first-order chi connectivity index (χ1) is 9.13. The van der Waals surface area contributed by atoms with Gasteiger partial charge in [-0.25, -0.2) is 0 Å². The summed E-state index contributed by atoms with van der Waals surface area (Å²) in [5.41, 5.74) is 1.30. The second kappa shape index (κ2) is 7.28. The van der Waals surface area contributed by atoms with Crippen LogP contribution in [-0.4, -0.2) is 29.2 Å². The molecule has 2 nitrogen and oxygen atoms in total. The predicted octanol–water partition coefficient (Wildman–Crippen LogP) is 3.71. The van der Waals surface area contributed by atoms with Gasteiger partial charge in [0.05, 0.1) is 6.10 Å². The van der Waals surface area contributed by atoms with Crippen LogP contribution in [0.15, 0.2) is 24.3 Å². The molecular weight excluding hydrogens is 258 g/mol. The van der Waals surface area contributed by atoms with Crippen molar-refractivity contribution in [2.75, 3.05) is 13.1 Å². The molecule has 2 rings (SSSR count). The number of rotatable bonds is 5. The monoisotopic (exact) mass is 281 g/mol. The topological polar surface area (TPSA) is 23.5 Å². The molecule has 1 aromatic carbocycles. The summed E-state index contributed by atoms with van der Waals surface area (Å²) in [6.45, 7) is 5.21. The molecule has 1 N–H and O–H groups in total. The summed E-state index contributed by atoms with van der Waals surface area (Å²) in [7, 11) is 0. The molecule has 19 heavy (non-hydrogen) atoms. The number of hydrogen-bond acceptors (Lipinski definition) is 2. The fourth-order valence-electron chi connectivity index (χ4n) is 2.80. The van der Waals surface area contributed by atoms with Crippen molar-refractivity contribution in [1.82, 2.24) is 4.90 Å². The van der Waals surface area contributed by atoms with Gasteiger partial charge in [0.25, 0.3) is 0 Å². The Balaban J connectivity index is 1.74. The van der Waals surface area contributed by atoms with Crippen molar-refractivity contribution < 1.29 is 5.11 Å². The molecule has 1 aromatic rings. The van der Waals surface area contributed by atoms with Gasteiger partial charge in [-0.3, -0.25) is 4.90 Å². The third-order valence-corrected chi connectivity index (χ3v) is 4.23. The summed E-state index contributed by atoms with van der Waals surface area (Å²) in [6, 6.07) is 8.15. The Labute approximate surface area is 121 Å². The van der Waals surface area contributed by atoms with Gasteiger partial charge in [0.2, 0.25) is 0 Å². The molecule has 3 heteroatoms. The third-order valence-electron chi connectivity index (χ3n) is 4.00. The minimum atomic E-state index is -0.149. The van der Waals surface area contributed by atoms with Crippen LogP contribution in [0.25, 0.3) is 0 Å². The van der Waals surface area contributed by atoms with Gasteiger partial charge in [-0.2, -0.15) is 0 Å². The molecule has 0 spiro atoms. The van der Waals surface area contributed by atoms with E-state index in [4.69, 9.17) is 11.6 Å². The lowest BCUT2D eigenvalue weighted by molar-refractivity contribution is 0.141. The van der Waals surface area contributed by atoms with Crippen molar-refractivity contribution in [3.63, 3.8) is 0 Å². The van der Waals surface area contributed by atoms with Gasteiger partial charge in [-0.15, -0.1) is 0 Å². The second-order valence-electron chi connectivity index (χ2n) is 5.78. The molecular formula is C16H24ClNO. The smallest absolute Gasteiger partial charge is 0.0512 e. The number of aliphatic hydroxyl groups excluding tert-OH is 1. The Morgan fingerprint density at radius 3 is 2.74 bits per heavy atom. The van der Waals surface area contributed by atoms with E-state index in [0.29, 0.717) is 0 Å². The van der Waals surface area contributed by atoms with E-state index >= 15 is 0 Å². The fraction of sp³-hybridized carbons (Fsp3) is 0.625. The lowest BCUT2D eigenvalue weighted by Gasteiger charge is -2.32. The van der Waals surface area contributed by atoms with Crippen LogP contribution in [0.5, 0.6) is 0 Å². The van der Waals surface area contributed by atoms with Crippen LogP contribution >= 0.6 is 11.6 Å². The predicted molar refractivity (Wildman–Crippen MR) is 80.4 cm³/mol. The van der Waals surface area contributed by atoms with Gasteiger partial charge < -0.3 is 5.11 Å². The molecule has 0 aliphatic carbocycles. The molecule has 0 amide bonds. The molecule has 1 aliphatic rings. The summed E-state index contributed by atoms with van der Waals surface area (Å²) in [6.07, 6.45) is 4.48. The molecule has 1 atom stereocenters. The van der Waals surface area contributed by atoms with Gasteiger partial charge in [0.15, 0.2) is 0 Å². The number of nitrogens with zero attached hydrogens (tertiary/aromatic N) is 1. The average molecular weight is 282 g/mol. The Morgan fingerprint density at radius 1 is 1.37 bits per heavy atom. The van der Waals surface area contributed by atoms with Gasteiger partial charge >= 0.3 is 0 Å². The van der Waals surface area contributed by atoms with Gasteiger partial charge in [-0.05, 0) is 69.3 Å². The van der Waals surface area contributed by atoms with Gasteiger partial charge in [0, 0.05) is 11.6 Å². The van der Waals surface area contributed by atoms with Crippen LogP contribution in [0.2, 0.25) is 5.02 Å². The number of piperidine rings is 1. The molecule has 1 fully saturated rings. The molecule has 0 bridgehead atoms. The van der Waals surface area contributed by atoms with Crippen LogP contribution in [0.4, 0.5) is 0 Å². The fourth-order valence-corrected chi connectivity index (χ4v) is 3.02. The molecule has 0 saturated carbocycles. The van der Waals surface area contributed by atoms with Crippen molar-refractivity contribution >= 4 is 11.6 Å². The van der Waals surface area contributed by atoms with Crippen molar-refractivity contribution in [2.45, 2.75) is 45.3 Å². The first kappa shape index (κ1) is 14.8. The van der Waals surface area contributed by atoms with E-state index in [1.165, 1.54) is 24.8 Å². The molecule has 1 heterocycles. The van der Waals surface area contributed by atoms with Crippen molar-refractivity contribution in [3.05, 3.63) is 34.9 Å². The Kier molecular flexibility index (Phi) is 5.68. The molecule has 0 aromatic heterocycles. The molecule has 1 aliphatic heterocycles. The van der Waals surface area contributed by atoms with Crippen molar-refractivity contribution in [3.8, 4) is 0 Å². The van der Waals surface area contributed by atoms with Gasteiger partial charge in [-0.1, -0.05) is 23.7 Å². The Morgan fingerprint density at radius 2 is 2.11 bits per heavy atom. The summed E-state index contributed by atoms with van der Waals surface area (Å²) in [5, 5.41) is 10.2. The van der Waals surface area contributed by atoms with E-state index in [9.17, 15) is 5.11 Å². The van der Waals surface area contributed by atoms with Gasteiger partial charge in [0.1, 0.15) is 0 Å². The van der Waals surface area contributed by atoms with E-state index in [2.05, 4.69) is 17.0 Å². The maximum atomic E-state index is 9.33. The number of hydrogen-bond donors (Lipinski definition) is 1. The quantitative estimate of drug-likeness (QED) is 0.889. The normalized spacial score (nSPS) is 19.5. The number of benzene rings is 1. The summed E-state index contributed by atoms with van der Waals surface area (Å²) in [4.78, 5) is 2.50.